The molecular formula is C39H70N2O21. The van der Waals surface area contributed by atoms with Crippen molar-refractivity contribution in [3.8, 4) is 0 Å². The van der Waals surface area contributed by atoms with Crippen molar-refractivity contribution in [3.05, 3.63) is 0 Å². The van der Waals surface area contributed by atoms with Gasteiger partial charge in [0.15, 0.2) is 18.9 Å². The van der Waals surface area contributed by atoms with E-state index in [-0.39, 0.29) is 25.7 Å². The molecule has 0 aromatic carbocycles. The standard InChI is InChI=1S/C39H70N2O21/c1-7-9-53-10-8-11-54-12-13-55-15-22-27(46)31(50)33(52)39(60-22)62-35-21(14-42)59-37(25(29(35)48)41-20(6)44)61-36-23(16-56-38-32(51)30(49)26(45)18(4)57-38)58-34(17(2)3)24(28(36)47)40-19(5)43/h17-18,21-39,42,45-52H,7-16H2,1-6H3,(H,40,43)(H,41,44)/t18?,21?,22?,23?,24-,25-,26+,27+,28?,29?,30?,31?,32?,33+,34-,35+,36+,37-,38+,39-/m0/s1. The highest BCUT2D eigenvalue weighted by molar-refractivity contribution is 5.73. The minimum atomic E-state index is -1.87. The number of rotatable bonds is 22. The van der Waals surface area contributed by atoms with E-state index < -0.39 is 148 Å². The van der Waals surface area contributed by atoms with Crippen LogP contribution in [-0.2, 0) is 57.0 Å². The molecule has 2 amide bonds. The molecule has 0 aromatic heterocycles. The molecule has 62 heavy (non-hydrogen) atoms. The Labute approximate surface area is 360 Å². The monoisotopic (exact) mass is 902 g/mol. The molecule has 9 unspecified atom stereocenters. The molecule has 362 valence electrons. The highest BCUT2D eigenvalue weighted by Gasteiger charge is 2.55. The zero-order valence-electron chi connectivity index (χ0n) is 36.1. The van der Waals surface area contributed by atoms with E-state index in [0.717, 1.165) is 13.3 Å². The van der Waals surface area contributed by atoms with Crippen LogP contribution in [-0.4, -0.2) is 233 Å². The third-order valence-electron chi connectivity index (χ3n) is 11.1. The fraction of sp³-hybridized carbons (Fsp3) is 0.949. The molecule has 4 fully saturated rings. The Morgan fingerprint density at radius 1 is 0.581 bits per heavy atom. The third-order valence-corrected chi connectivity index (χ3v) is 11.1. The van der Waals surface area contributed by atoms with Crippen molar-refractivity contribution < 1.29 is 103 Å². The van der Waals surface area contributed by atoms with Gasteiger partial charge in [0.2, 0.25) is 11.8 Å². The van der Waals surface area contributed by atoms with E-state index in [4.69, 9.17) is 47.4 Å². The summed E-state index contributed by atoms with van der Waals surface area (Å²) >= 11 is 0. The van der Waals surface area contributed by atoms with Crippen LogP contribution in [0.25, 0.3) is 0 Å². The lowest BCUT2D eigenvalue weighted by Crippen LogP contribution is -2.70. The summed E-state index contributed by atoms with van der Waals surface area (Å²) < 4.78 is 58.4. The molecule has 20 atom stereocenters. The van der Waals surface area contributed by atoms with Crippen LogP contribution in [0.1, 0.15) is 54.4 Å². The zero-order chi connectivity index (χ0) is 45.8. The number of carbonyl (C=O) groups excluding carboxylic acids is 2. The summed E-state index contributed by atoms with van der Waals surface area (Å²) in [6, 6.07) is -2.60. The number of carbonyl (C=O) groups is 2. The summed E-state index contributed by atoms with van der Waals surface area (Å²) in [4.78, 5) is 24.9. The van der Waals surface area contributed by atoms with Gasteiger partial charge in [0, 0.05) is 33.7 Å². The minimum absolute atomic E-state index is 0.105. The van der Waals surface area contributed by atoms with Crippen LogP contribution < -0.4 is 10.6 Å². The van der Waals surface area contributed by atoms with Crippen molar-refractivity contribution in [1.29, 1.82) is 0 Å². The van der Waals surface area contributed by atoms with Crippen LogP contribution in [0.2, 0.25) is 0 Å². The zero-order valence-corrected chi connectivity index (χ0v) is 36.1. The molecule has 0 saturated carbocycles. The summed E-state index contributed by atoms with van der Waals surface area (Å²) in [6.07, 6.45) is -25.5. The van der Waals surface area contributed by atoms with Crippen molar-refractivity contribution >= 4 is 11.8 Å². The Balaban J connectivity index is 1.50. The summed E-state index contributed by atoms with van der Waals surface area (Å²) in [6.45, 7) is 9.84. The second kappa shape index (κ2) is 25.2. The lowest BCUT2D eigenvalue weighted by molar-refractivity contribution is -0.360. The molecule has 0 bridgehead atoms. The Bertz CT molecular complexity index is 1340. The van der Waals surface area contributed by atoms with Gasteiger partial charge in [-0.2, -0.15) is 0 Å². The third kappa shape index (κ3) is 13.9. The highest BCUT2D eigenvalue weighted by Crippen LogP contribution is 2.35. The normalized spacial score (nSPS) is 41.5. The smallest absolute Gasteiger partial charge is 0.217 e. The van der Waals surface area contributed by atoms with E-state index in [9.17, 15) is 55.5 Å². The van der Waals surface area contributed by atoms with E-state index in [1.165, 1.54) is 13.8 Å². The van der Waals surface area contributed by atoms with Crippen molar-refractivity contribution in [3.63, 3.8) is 0 Å². The molecule has 4 heterocycles. The molecular weight excluding hydrogens is 832 g/mol. The molecule has 0 aliphatic carbocycles. The maximum atomic E-state index is 12.6. The Hall–Kier alpha value is -1.82. The van der Waals surface area contributed by atoms with Gasteiger partial charge >= 0.3 is 0 Å². The first-order chi connectivity index (χ1) is 29.4. The minimum Gasteiger partial charge on any atom is -0.394 e. The summed E-state index contributed by atoms with van der Waals surface area (Å²) in [5, 5.41) is 103. The van der Waals surface area contributed by atoms with Crippen molar-refractivity contribution in [2.45, 2.75) is 177 Å². The van der Waals surface area contributed by atoms with E-state index in [0.29, 0.717) is 26.2 Å². The fourth-order valence-electron chi connectivity index (χ4n) is 7.74. The van der Waals surface area contributed by atoms with Gasteiger partial charge in [-0.25, -0.2) is 0 Å². The summed E-state index contributed by atoms with van der Waals surface area (Å²) in [5.74, 6) is -1.50. The SMILES string of the molecule is CCCOCCCOCCOCC1O[C@@H](O[C@@H]2C(CO)O[C@@H](O[C@@H]3C(CO[C@@H]4OC(C)[C@@H](O)C(O)C4O)O[C@@H](C(C)C)[C@@H](NC(C)=O)C3O)[C@@H](NC(C)=O)C2O)[C@H](O)C(O)[C@@H]1O. The Kier molecular flexibility index (Phi) is 21.5. The van der Waals surface area contributed by atoms with Crippen LogP contribution in [0.5, 0.6) is 0 Å². The summed E-state index contributed by atoms with van der Waals surface area (Å²) in [5.41, 5.74) is 0. The fourth-order valence-corrected chi connectivity index (χ4v) is 7.74. The van der Waals surface area contributed by atoms with Gasteiger partial charge in [-0.1, -0.05) is 20.8 Å². The van der Waals surface area contributed by atoms with E-state index in [1.807, 2.05) is 6.92 Å². The number of aliphatic hydroxyl groups is 9. The molecule has 0 radical (unpaired) electrons. The molecule has 11 N–H and O–H groups in total. The number of nitrogens with one attached hydrogen (secondary N) is 2. The van der Waals surface area contributed by atoms with E-state index >= 15 is 0 Å². The first-order valence-electron chi connectivity index (χ1n) is 21.3. The predicted octanol–water partition coefficient (Wildman–Crippen LogP) is -4.87. The number of aliphatic hydroxyl groups excluding tert-OH is 9. The lowest BCUT2D eigenvalue weighted by atomic mass is 9.87. The lowest BCUT2D eigenvalue weighted by Gasteiger charge is -2.50. The molecule has 4 saturated heterocycles. The van der Waals surface area contributed by atoms with Gasteiger partial charge in [0.25, 0.3) is 0 Å². The van der Waals surface area contributed by atoms with Gasteiger partial charge < -0.3 is 104 Å². The Morgan fingerprint density at radius 2 is 1.13 bits per heavy atom. The number of amides is 2. The number of hydrogen-bond donors (Lipinski definition) is 11. The van der Waals surface area contributed by atoms with Crippen LogP contribution in [0.3, 0.4) is 0 Å². The molecule has 0 spiro atoms. The van der Waals surface area contributed by atoms with E-state index in [2.05, 4.69) is 10.6 Å². The highest BCUT2D eigenvalue weighted by atomic mass is 16.7. The van der Waals surface area contributed by atoms with Gasteiger partial charge in [-0.05, 0) is 25.7 Å². The topological polar surface area (TPSA) is 333 Å². The largest absolute Gasteiger partial charge is 0.394 e. The molecule has 23 nitrogen and oxygen atoms in total. The van der Waals surface area contributed by atoms with Crippen molar-refractivity contribution in [1.82, 2.24) is 10.6 Å². The molecule has 4 rings (SSSR count). The maximum Gasteiger partial charge on any atom is 0.217 e. The van der Waals surface area contributed by atoms with Gasteiger partial charge in [0.05, 0.1) is 51.3 Å². The van der Waals surface area contributed by atoms with Gasteiger partial charge in [-0.15, -0.1) is 0 Å². The van der Waals surface area contributed by atoms with Gasteiger partial charge in [0.1, 0.15) is 85.4 Å². The first-order valence-corrected chi connectivity index (χ1v) is 21.3. The second-order valence-electron chi connectivity index (χ2n) is 16.4. The van der Waals surface area contributed by atoms with Crippen molar-refractivity contribution in [2.24, 2.45) is 5.92 Å². The van der Waals surface area contributed by atoms with Crippen LogP contribution in [0, 0.1) is 5.92 Å². The average molecular weight is 903 g/mol. The molecule has 0 aromatic rings. The van der Waals surface area contributed by atoms with Crippen molar-refractivity contribution in [2.75, 3.05) is 52.9 Å². The van der Waals surface area contributed by atoms with Crippen LogP contribution in [0.4, 0.5) is 0 Å². The number of hydrogen-bond acceptors (Lipinski definition) is 21. The molecule has 23 heteroatoms. The average Bonchev–Trinajstić information content (AvgIpc) is 3.22. The quantitative estimate of drug-likeness (QED) is 0.0454. The number of ether oxygens (including phenoxy) is 10. The maximum absolute atomic E-state index is 12.6. The van der Waals surface area contributed by atoms with Crippen LogP contribution in [0.15, 0.2) is 0 Å². The van der Waals surface area contributed by atoms with Gasteiger partial charge in [-0.3, -0.25) is 9.59 Å². The molecule has 4 aliphatic rings. The molecule has 4 aliphatic heterocycles. The van der Waals surface area contributed by atoms with E-state index in [1.54, 1.807) is 13.8 Å². The predicted molar refractivity (Wildman–Crippen MR) is 209 cm³/mol. The summed E-state index contributed by atoms with van der Waals surface area (Å²) in [7, 11) is 0. The second-order valence-corrected chi connectivity index (χ2v) is 16.4. The van der Waals surface area contributed by atoms with Crippen LogP contribution >= 0.6 is 0 Å². The Morgan fingerprint density at radius 3 is 1.76 bits per heavy atom. The first kappa shape index (κ1) is 52.8.